The molecule has 3 aromatic rings. The molecule has 0 spiro atoms. The molecule has 0 fully saturated rings. The van der Waals surface area contributed by atoms with E-state index >= 15 is 0 Å². The van der Waals surface area contributed by atoms with Gasteiger partial charge in [0.05, 0.1) is 5.25 Å². The van der Waals surface area contributed by atoms with Gasteiger partial charge in [-0.25, -0.2) is 0 Å². The molecule has 0 bridgehead atoms. The minimum absolute atomic E-state index is 0.129. The smallest absolute Gasteiger partial charge is 0.192 e. The largest absolute Gasteiger partial charge is 0.302 e. The van der Waals surface area contributed by atoms with Crippen molar-refractivity contribution in [2.24, 2.45) is 0 Å². The summed E-state index contributed by atoms with van der Waals surface area (Å²) in [5.74, 6) is 0.980. The van der Waals surface area contributed by atoms with Gasteiger partial charge in [-0.15, -0.1) is 10.2 Å². The van der Waals surface area contributed by atoms with Crippen LogP contribution in [0.3, 0.4) is 0 Å². The number of aromatic nitrogens is 3. The highest BCUT2D eigenvalue weighted by molar-refractivity contribution is 8.00. The van der Waals surface area contributed by atoms with E-state index in [-0.39, 0.29) is 11.0 Å². The Morgan fingerprint density at radius 1 is 1.07 bits per heavy atom. The van der Waals surface area contributed by atoms with Gasteiger partial charge in [0.2, 0.25) is 0 Å². The van der Waals surface area contributed by atoms with Crippen LogP contribution < -0.4 is 0 Å². The number of hydrogen-bond donors (Lipinski definition) is 0. The molecule has 0 radical (unpaired) electrons. The van der Waals surface area contributed by atoms with E-state index in [0.717, 1.165) is 45.3 Å². The van der Waals surface area contributed by atoms with Gasteiger partial charge in [-0.1, -0.05) is 53.7 Å². The Labute approximate surface area is 165 Å². The minimum Gasteiger partial charge on any atom is -0.302 e. The Morgan fingerprint density at radius 2 is 1.81 bits per heavy atom. The van der Waals surface area contributed by atoms with Crippen molar-refractivity contribution in [2.75, 3.05) is 0 Å². The second-order valence-corrected chi connectivity index (χ2v) is 8.12. The highest BCUT2D eigenvalue weighted by Crippen LogP contribution is 2.30. The topological polar surface area (TPSA) is 47.8 Å². The average molecular weight is 380 g/mol. The summed E-state index contributed by atoms with van der Waals surface area (Å²) in [5.41, 5.74) is 5.13. The van der Waals surface area contributed by atoms with Crippen LogP contribution in [-0.4, -0.2) is 25.8 Å². The normalized spacial score (nSPS) is 12.2. The van der Waals surface area contributed by atoms with Crippen molar-refractivity contribution in [3.63, 3.8) is 0 Å². The van der Waals surface area contributed by atoms with Gasteiger partial charge in [0.15, 0.2) is 16.8 Å². The van der Waals surface area contributed by atoms with E-state index in [0.29, 0.717) is 0 Å². The van der Waals surface area contributed by atoms with Crippen molar-refractivity contribution in [1.29, 1.82) is 0 Å². The van der Waals surface area contributed by atoms with Crippen LogP contribution in [0.5, 0.6) is 0 Å². The highest BCUT2D eigenvalue weighted by Gasteiger charge is 2.22. The summed E-state index contributed by atoms with van der Waals surface area (Å²) in [4.78, 5) is 13.0. The molecule has 1 atom stereocenters. The third-order valence-electron chi connectivity index (χ3n) is 4.73. The Balaban J connectivity index is 1.89. The molecule has 1 heterocycles. The third-order valence-corrected chi connectivity index (χ3v) is 5.81. The molecule has 2 aromatic carbocycles. The lowest BCUT2D eigenvalue weighted by molar-refractivity contribution is 0.0993. The van der Waals surface area contributed by atoms with E-state index < -0.39 is 0 Å². The molecule has 5 heteroatoms. The Kier molecular flexibility index (Phi) is 5.80. The van der Waals surface area contributed by atoms with Crippen LogP contribution in [-0.2, 0) is 6.54 Å². The summed E-state index contributed by atoms with van der Waals surface area (Å²) in [7, 11) is 0. The fraction of sp³-hybridized carbons (Fsp3) is 0.318. The van der Waals surface area contributed by atoms with E-state index in [1.807, 2.05) is 51.1 Å². The van der Waals surface area contributed by atoms with Crippen LogP contribution in [0, 0.1) is 20.8 Å². The van der Waals surface area contributed by atoms with Crippen LogP contribution in [0.25, 0.3) is 11.4 Å². The summed E-state index contributed by atoms with van der Waals surface area (Å²) in [5, 5.41) is 9.35. The molecule has 3 rings (SSSR count). The third kappa shape index (κ3) is 3.98. The number of carbonyl (C=O) groups excluding carboxylic acids is 1. The van der Waals surface area contributed by atoms with Crippen molar-refractivity contribution < 1.29 is 4.79 Å². The lowest BCUT2D eigenvalue weighted by atomic mass is 10.0. The molecular formula is C22H25N3OS. The summed E-state index contributed by atoms with van der Waals surface area (Å²) >= 11 is 1.47. The predicted molar refractivity (Wildman–Crippen MR) is 111 cm³/mol. The van der Waals surface area contributed by atoms with E-state index in [9.17, 15) is 4.79 Å². The van der Waals surface area contributed by atoms with E-state index in [4.69, 9.17) is 0 Å². The first-order valence-electron chi connectivity index (χ1n) is 9.19. The lowest BCUT2D eigenvalue weighted by Gasteiger charge is -2.14. The molecule has 0 aliphatic rings. The number of benzene rings is 2. The van der Waals surface area contributed by atoms with Gasteiger partial charge in [-0.05, 0) is 51.8 Å². The van der Waals surface area contributed by atoms with Crippen molar-refractivity contribution >= 4 is 17.5 Å². The van der Waals surface area contributed by atoms with E-state index in [1.54, 1.807) is 0 Å². The van der Waals surface area contributed by atoms with Gasteiger partial charge in [-0.2, -0.15) is 0 Å². The Hall–Kier alpha value is -2.40. The fourth-order valence-electron chi connectivity index (χ4n) is 3.12. The SMILES string of the molecule is CCn1c(S[C@H](C)C(=O)c2cc(C)ccc2C)nnc1-c1ccccc1C. The first-order chi connectivity index (χ1) is 12.9. The number of nitrogens with zero attached hydrogens (tertiary/aromatic N) is 3. The molecule has 4 nitrogen and oxygen atoms in total. The molecular weight excluding hydrogens is 354 g/mol. The van der Waals surface area contributed by atoms with Crippen LogP contribution in [0.4, 0.5) is 0 Å². The molecule has 0 unspecified atom stereocenters. The molecule has 140 valence electrons. The zero-order chi connectivity index (χ0) is 19.6. The second-order valence-electron chi connectivity index (χ2n) is 6.81. The number of thioether (sulfide) groups is 1. The maximum atomic E-state index is 13.0. The number of rotatable bonds is 6. The van der Waals surface area contributed by atoms with Gasteiger partial charge in [-0.3, -0.25) is 4.79 Å². The molecule has 0 saturated carbocycles. The summed E-state index contributed by atoms with van der Waals surface area (Å²) in [6.07, 6.45) is 0. The quantitative estimate of drug-likeness (QED) is 0.433. The Morgan fingerprint density at radius 3 is 2.52 bits per heavy atom. The van der Waals surface area contributed by atoms with Crippen molar-refractivity contribution in [2.45, 2.75) is 51.6 Å². The number of Topliss-reactive ketones (excluding diaryl/α,β-unsaturated/α-hetero) is 1. The first-order valence-corrected chi connectivity index (χ1v) is 10.1. The van der Waals surface area contributed by atoms with Gasteiger partial charge in [0.25, 0.3) is 0 Å². The molecule has 0 saturated heterocycles. The summed E-state index contributed by atoms with van der Waals surface area (Å²) < 4.78 is 2.08. The maximum Gasteiger partial charge on any atom is 0.192 e. The van der Waals surface area contributed by atoms with Gasteiger partial charge >= 0.3 is 0 Å². The zero-order valence-corrected chi connectivity index (χ0v) is 17.3. The van der Waals surface area contributed by atoms with E-state index in [2.05, 4.69) is 40.7 Å². The predicted octanol–water partition coefficient (Wildman–Crippen LogP) is 5.25. The summed E-state index contributed by atoms with van der Waals surface area (Å²) in [6, 6.07) is 14.2. The number of hydrogen-bond acceptors (Lipinski definition) is 4. The molecule has 0 N–H and O–H groups in total. The molecule has 1 aromatic heterocycles. The summed E-state index contributed by atoms with van der Waals surface area (Å²) in [6.45, 7) is 10.8. The fourth-order valence-corrected chi connectivity index (χ4v) is 4.10. The monoisotopic (exact) mass is 379 g/mol. The molecule has 0 aliphatic heterocycles. The number of ketones is 1. The number of aryl methyl sites for hydroxylation is 3. The van der Waals surface area contributed by atoms with Crippen LogP contribution >= 0.6 is 11.8 Å². The van der Waals surface area contributed by atoms with E-state index in [1.165, 1.54) is 11.8 Å². The van der Waals surface area contributed by atoms with Gasteiger partial charge < -0.3 is 4.57 Å². The highest BCUT2D eigenvalue weighted by atomic mass is 32.2. The average Bonchev–Trinajstić information content (AvgIpc) is 3.05. The molecule has 0 amide bonds. The standard InChI is InChI=1S/C22H25N3OS/c1-6-25-21(18-10-8-7-9-15(18)3)23-24-22(25)27-17(5)20(26)19-13-14(2)11-12-16(19)4/h7-13,17H,6H2,1-5H3/t17-/m1/s1. The van der Waals surface area contributed by atoms with Gasteiger partial charge in [0, 0.05) is 17.7 Å². The van der Waals surface area contributed by atoms with Crippen LogP contribution in [0.2, 0.25) is 0 Å². The van der Waals surface area contributed by atoms with Crippen LogP contribution in [0.15, 0.2) is 47.6 Å². The zero-order valence-electron chi connectivity index (χ0n) is 16.5. The Bertz CT molecular complexity index is 977. The minimum atomic E-state index is -0.232. The van der Waals surface area contributed by atoms with Crippen molar-refractivity contribution in [1.82, 2.24) is 14.8 Å². The first kappa shape index (κ1) is 19.4. The van der Waals surface area contributed by atoms with Crippen LogP contribution in [0.1, 0.15) is 40.9 Å². The van der Waals surface area contributed by atoms with Crippen molar-refractivity contribution in [3.8, 4) is 11.4 Å². The number of carbonyl (C=O) groups is 1. The molecule has 27 heavy (non-hydrogen) atoms. The lowest BCUT2D eigenvalue weighted by Crippen LogP contribution is -2.16. The van der Waals surface area contributed by atoms with Gasteiger partial charge in [0.1, 0.15) is 0 Å². The second kappa shape index (κ2) is 8.09. The molecule has 0 aliphatic carbocycles. The maximum absolute atomic E-state index is 13.0. The van der Waals surface area contributed by atoms with Crippen molar-refractivity contribution in [3.05, 3.63) is 64.7 Å².